The second-order valence-corrected chi connectivity index (χ2v) is 4.85. The van der Waals surface area contributed by atoms with Gasteiger partial charge in [-0.2, -0.15) is 0 Å². The van der Waals surface area contributed by atoms with Crippen LogP contribution in [0, 0.1) is 0 Å². The van der Waals surface area contributed by atoms with E-state index in [1.807, 2.05) is 0 Å². The smallest absolute Gasteiger partial charge is 0.325 e. The average molecular weight is 226 g/mol. The summed E-state index contributed by atoms with van der Waals surface area (Å²) in [5.74, 6) is -0.620. The predicted octanol–water partition coefficient (Wildman–Crippen LogP) is 1.02. The topological polar surface area (TPSA) is 43.8 Å². The molecule has 2 aliphatic heterocycles. The van der Waals surface area contributed by atoms with E-state index in [-0.39, 0.29) is 6.04 Å². The molecule has 2 aliphatic rings. The zero-order valence-corrected chi connectivity index (χ0v) is 10.3. The lowest BCUT2D eigenvalue weighted by atomic mass is 9.86. The van der Waals surface area contributed by atoms with Crippen molar-refractivity contribution in [3.63, 3.8) is 0 Å². The summed E-state index contributed by atoms with van der Waals surface area (Å²) in [5, 5.41) is 9.68. The molecule has 2 atom stereocenters. The molecule has 4 nitrogen and oxygen atoms in total. The Hall–Kier alpha value is -0.610. The lowest BCUT2D eigenvalue weighted by molar-refractivity contribution is -0.153. The van der Waals surface area contributed by atoms with Gasteiger partial charge in [0.1, 0.15) is 5.54 Å². The van der Waals surface area contributed by atoms with Gasteiger partial charge in [0.05, 0.1) is 0 Å². The van der Waals surface area contributed by atoms with E-state index in [2.05, 4.69) is 23.6 Å². The van der Waals surface area contributed by atoms with Gasteiger partial charge in [-0.25, -0.2) is 0 Å². The van der Waals surface area contributed by atoms with E-state index < -0.39 is 11.5 Å². The highest BCUT2D eigenvalue weighted by Crippen LogP contribution is 2.40. The van der Waals surface area contributed by atoms with Gasteiger partial charge >= 0.3 is 5.97 Å². The first-order valence-electron chi connectivity index (χ1n) is 6.39. The molecule has 0 aromatic rings. The maximum Gasteiger partial charge on any atom is 0.325 e. The van der Waals surface area contributed by atoms with Gasteiger partial charge < -0.3 is 5.11 Å². The molecular weight excluding hydrogens is 204 g/mol. The number of aliphatic carboxylic acids is 1. The Bertz CT molecular complexity index is 278. The van der Waals surface area contributed by atoms with Crippen LogP contribution in [0.5, 0.6) is 0 Å². The zero-order chi connectivity index (χ0) is 11.8. The highest BCUT2D eigenvalue weighted by molar-refractivity contribution is 5.80. The highest BCUT2D eigenvalue weighted by Gasteiger charge is 2.56. The van der Waals surface area contributed by atoms with Crippen LogP contribution in [0.25, 0.3) is 0 Å². The molecule has 2 saturated heterocycles. The molecule has 2 rings (SSSR count). The van der Waals surface area contributed by atoms with Crippen molar-refractivity contribution in [2.24, 2.45) is 0 Å². The number of hydrogen-bond donors (Lipinski definition) is 1. The van der Waals surface area contributed by atoms with Gasteiger partial charge in [0, 0.05) is 12.6 Å². The molecule has 2 fully saturated rings. The second-order valence-electron chi connectivity index (χ2n) is 4.85. The van der Waals surface area contributed by atoms with Crippen LogP contribution in [0.1, 0.15) is 33.1 Å². The fraction of sp³-hybridized carbons (Fsp3) is 0.917. The zero-order valence-electron chi connectivity index (χ0n) is 10.3. The van der Waals surface area contributed by atoms with Crippen molar-refractivity contribution in [3.8, 4) is 0 Å². The summed E-state index contributed by atoms with van der Waals surface area (Å²) in [6.45, 7) is 7.81. The van der Waals surface area contributed by atoms with Crippen LogP contribution in [0.2, 0.25) is 0 Å². The van der Waals surface area contributed by atoms with Crippen LogP contribution < -0.4 is 0 Å². The summed E-state index contributed by atoms with van der Waals surface area (Å²) < 4.78 is 0. The van der Waals surface area contributed by atoms with Crippen molar-refractivity contribution in [2.75, 3.05) is 26.2 Å². The van der Waals surface area contributed by atoms with Crippen molar-refractivity contribution in [3.05, 3.63) is 0 Å². The van der Waals surface area contributed by atoms with Gasteiger partial charge in [0.25, 0.3) is 0 Å². The number of carbonyl (C=O) groups is 1. The van der Waals surface area contributed by atoms with Crippen LogP contribution >= 0.6 is 0 Å². The van der Waals surface area contributed by atoms with Crippen molar-refractivity contribution in [2.45, 2.75) is 44.7 Å². The number of fused-ring (bicyclic) bond motifs is 1. The molecule has 0 aromatic carbocycles. The first kappa shape index (κ1) is 11.9. The van der Waals surface area contributed by atoms with E-state index in [1.165, 1.54) is 0 Å². The van der Waals surface area contributed by atoms with E-state index >= 15 is 0 Å². The quantitative estimate of drug-likeness (QED) is 0.777. The minimum absolute atomic E-state index is 0.241. The molecular formula is C12H22N2O2. The van der Waals surface area contributed by atoms with Gasteiger partial charge in [0.2, 0.25) is 0 Å². The monoisotopic (exact) mass is 226 g/mol. The first-order chi connectivity index (χ1) is 7.66. The first-order valence-corrected chi connectivity index (χ1v) is 6.39. The lowest BCUT2D eigenvalue weighted by Crippen LogP contribution is -2.60. The van der Waals surface area contributed by atoms with Gasteiger partial charge in [0.15, 0.2) is 0 Å². The Morgan fingerprint density at radius 2 is 2.12 bits per heavy atom. The van der Waals surface area contributed by atoms with Crippen molar-refractivity contribution < 1.29 is 9.90 Å². The largest absolute Gasteiger partial charge is 0.480 e. The number of nitrogens with zero attached hydrogens (tertiary/aromatic N) is 2. The van der Waals surface area contributed by atoms with E-state index in [1.54, 1.807) is 0 Å². The van der Waals surface area contributed by atoms with Crippen LogP contribution in [0.4, 0.5) is 0 Å². The molecule has 1 N–H and O–H groups in total. The van der Waals surface area contributed by atoms with E-state index in [4.69, 9.17) is 0 Å². The Morgan fingerprint density at radius 3 is 2.69 bits per heavy atom. The SMILES string of the molecule is CCN(CC)C1(C(=O)O)CCN2CCCC21. The molecule has 0 spiro atoms. The maximum atomic E-state index is 11.8. The molecule has 0 amide bonds. The van der Waals surface area contributed by atoms with E-state index in [9.17, 15) is 9.90 Å². The van der Waals surface area contributed by atoms with E-state index in [0.29, 0.717) is 0 Å². The number of carboxylic acids is 1. The molecule has 2 heterocycles. The third-order valence-electron chi connectivity index (χ3n) is 4.39. The van der Waals surface area contributed by atoms with E-state index in [0.717, 1.165) is 45.4 Å². The summed E-state index contributed by atoms with van der Waals surface area (Å²) in [7, 11) is 0. The molecule has 0 aliphatic carbocycles. The third kappa shape index (κ3) is 1.47. The Labute approximate surface area is 97.2 Å². The third-order valence-corrected chi connectivity index (χ3v) is 4.39. The fourth-order valence-electron chi connectivity index (χ4n) is 3.66. The average Bonchev–Trinajstić information content (AvgIpc) is 2.82. The predicted molar refractivity (Wildman–Crippen MR) is 62.5 cm³/mol. The Morgan fingerprint density at radius 1 is 1.44 bits per heavy atom. The Kier molecular flexibility index (Phi) is 3.22. The molecule has 2 unspecified atom stereocenters. The van der Waals surface area contributed by atoms with Gasteiger partial charge in [-0.1, -0.05) is 13.8 Å². The minimum Gasteiger partial charge on any atom is -0.480 e. The molecule has 92 valence electrons. The fourth-order valence-corrected chi connectivity index (χ4v) is 3.66. The van der Waals surface area contributed by atoms with Crippen molar-refractivity contribution >= 4 is 5.97 Å². The van der Waals surface area contributed by atoms with Crippen LogP contribution in [-0.2, 0) is 4.79 Å². The standard InChI is InChI=1S/C12H22N2O2/c1-3-14(4-2)12(11(15)16)7-9-13-8-5-6-10(12)13/h10H,3-9H2,1-2H3,(H,15,16). The number of carboxylic acid groups (broad SMARTS) is 1. The summed E-state index contributed by atoms with van der Waals surface area (Å²) >= 11 is 0. The lowest BCUT2D eigenvalue weighted by Gasteiger charge is -2.40. The number of likely N-dealkylation sites (N-methyl/N-ethyl adjacent to an activating group) is 1. The summed E-state index contributed by atoms with van der Waals surface area (Å²) in [6.07, 6.45) is 2.98. The van der Waals surface area contributed by atoms with Crippen LogP contribution in [0.15, 0.2) is 0 Å². The van der Waals surface area contributed by atoms with Crippen LogP contribution in [-0.4, -0.2) is 58.6 Å². The molecule has 0 aromatic heterocycles. The number of hydrogen-bond acceptors (Lipinski definition) is 3. The summed E-state index contributed by atoms with van der Waals surface area (Å²) in [5.41, 5.74) is -0.611. The van der Waals surface area contributed by atoms with Gasteiger partial charge in [-0.15, -0.1) is 0 Å². The minimum atomic E-state index is -0.620. The molecule has 0 radical (unpaired) electrons. The highest BCUT2D eigenvalue weighted by atomic mass is 16.4. The van der Waals surface area contributed by atoms with Crippen LogP contribution in [0.3, 0.4) is 0 Å². The van der Waals surface area contributed by atoms with Gasteiger partial charge in [-0.3, -0.25) is 14.6 Å². The van der Waals surface area contributed by atoms with Gasteiger partial charge in [-0.05, 0) is 38.9 Å². The summed E-state index contributed by atoms with van der Waals surface area (Å²) in [6, 6.07) is 0.241. The second kappa shape index (κ2) is 4.34. The van der Waals surface area contributed by atoms with Crippen molar-refractivity contribution in [1.82, 2.24) is 9.80 Å². The molecule has 4 heteroatoms. The van der Waals surface area contributed by atoms with Crippen molar-refractivity contribution in [1.29, 1.82) is 0 Å². The maximum absolute atomic E-state index is 11.8. The molecule has 0 saturated carbocycles. The molecule has 16 heavy (non-hydrogen) atoms. The normalized spacial score (nSPS) is 34.6. The molecule has 0 bridgehead atoms. The Balaban J connectivity index is 2.32. The summed E-state index contributed by atoms with van der Waals surface area (Å²) in [4.78, 5) is 16.3. The number of rotatable bonds is 4.